The van der Waals surface area contributed by atoms with Crippen LogP contribution in [0, 0.1) is 10.1 Å². The third-order valence-electron chi connectivity index (χ3n) is 3.33. The maximum Gasteiger partial charge on any atom is 0.416 e. The summed E-state index contributed by atoms with van der Waals surface area (Å²) in [6, 6.07) is 10.6. The molecule has 0 aliphatic carbocycles. The standard InChI is InChI=1S/C16H10F3N3O3S/c17-16(18,19)11-3-1-2-10(8-11)15-20-14(25-21-15)9-26-13-6-4-12(5-7-13)22(23)24/h1-8H,9H2. The minimum absolute atomic E-state index is 0.0148. The lowest BCUT2D eigenvalue weighted by molar-refractivity contribution is -0.384. The zero-order chi connectivity index (χ0) is 18.7. The minimum Gasteiger partial charge on any atom is -0.338 e. The van der Waals surface area contributed by atoms with Crippen molar-refractivity contribution in [3.8, 4) is 11.4 Å². The molecule has 0 aliphatic heterocycles. The van der Waals surface area contributed by atoms with Crippen molar-refractivity contribution in [3.63, 3.8) is 0 Å². The van der Waals surface area contributed by atoms with E-state index in [1.165, 1.54) is 36.0 Å². The number of halogens is 3. The second kappa shape index (κ2) is 7.16. The monoisotopic (exact) mass is 381 g/mol. The summed E-state index contributed by atoms with van der Waals surface area (Å²) in [6.45, 7) is 0. The predicted octanol–water partition coefficient (Wildman–Crippen LogP) is 4.96. The Hall–Kier alpha value is -2.88. The van der Waals surface area contributed by atoms with Crippen LogP contribution in [0.4, 0.5) is 18.9 Å². The summed E-state index contributed by atoms with van der Waals surface area (Å²) in [5, 5.41) is 14.3. The Balaban J connectivity index is 1.69. The van der Waals surface area contributed by atoms with Gasteiger partial charge in [-0.05, 0) is 24.3 Å². The number of hydrogen-bond donors (Lipinski definition) is 0. The smallest absolute Gasteiger partial charge is 0.338 e. The molecule has 0 unspecified atom stereocenters. The normalized spacial score (nSPS) is 11.5. The molecule has 0 atom stereocenters. The fourth-order valence-corrected chi connectivity index (χ4v) is 2.81. The van der Waals surface area contributed by atoms with E-state index in [9.17, 15) is 23.3 Å². The van der Waals surface area contributed by atoms with Crippen LogP contribution in [0.2, 0.25) is 0 Å². The van der Waals surface area contributed by atoms with Crippen molar-refractivity contribution in [2.24, 2.45) is 0 Å². The van der Waals surface area contributed by atoms with Crippen molar-refractivity contribution >= 4 is 17.4 Å². The fraction of sp³-hybridized carbons (Fsp3) is 0.125. The molecule has 1 heterocycles. The molecule has 2 aromatic carbocycles. The number of nitro groups is 1. The molecule has 0 spiro atoms. The van der Waals surface area contributed by atoms with Crippen molar-refractivity contribution < 1.29 is 22.6 Å². The van der Waals surface area contributed by atoms with Crippen LogP contribution in [0.5, 0.6) is 0 Å². The van der Waals surface area contributed by atoms with Crippen LogP contribution >= 0.6 is 11.8 Å². The second-order valence-electron chi connectivity index (χ2n) is 5.13. The van der Waals surface area contributed by atoms with E-state index < -0.39 is 16.7 Å². The average Bonchev–Trinajstić information content (AvgIpc) is 3.09. The number of nitrogens with zero attached hydrogens (tertiary/aromatic N) is 3. The third-order valence-corrected chi connectivity index (χ3v) is 4.32. The van der Waals surface area contributed by atoms with Gasteiger partial charge < -0.3 is 4.52 Å². The zero-order valence-electron chi connectivity index (χ0n) is 12.9. The number of alkyl halides is 3. The number of thioether (sulfide) groups is 1. The number of aromatic nitrogens is 2. The van der Waals surface area contributed by atoms with Gasteiger partial charge in [-0.3, -0.25) is 10.1 Å². The van der Waals surface area contributed by atoms with E-state index in [0.717, 1.165) is 17.0 Å². The van der Waals surface area contributed by atoms with Gasteiger partial charge in [-0.2, -0.15) is 18.2 Å². The van der Waals surface area contributed by atoms with E-state index >= 15 is 0 Å². The summed E-state index contributed by atoms with van der Waals surface area (Å²) in [7, 11) is 0. The van der Waals surface area contributed by atoms with Crippen LogP contribution in [0.15, 0.2) is 57.9 Å². The van der Waals surface area contributed by atoms with Gasteiger partial charge in [0.05, 0.1) is 16.2 Å². The lowest BCUT2D eigenvalue weighted by Crippen LogP contribution is -2.04. The van der Waals surface area contributed by atoms with Crippen molar-refractivity contribution in [1.29, 1.82) is 0 Å². The van der Waals surface area contributed by atoms with Gasteiger partial charge in [0.1, 0.15) is 0 Å². The molecule has 3 aromatic rings. The van der Waals surface area contributed by atoms with Crippen LogP contribution in [0.3, 0.4) is 0 Å². The van der Waals surface area contributed by atoms with E-state index in [0.29, 0.717) is 0 Å². The van der Waals surface area contributed by atoms with Gasteiger partial charge in [-0.1, -0.05) is 17.3 Å². The highest BCUT2D eigenvalue weighted by Crippen LogP contribution is 2.32. The number of nitro benzene ring substituents is 1. The summed E-state index contributed by atoms with van der Waals surface area (Å²) >= 11 is 1.31. The predicted molar refractivity (Wildman–Crippen MR) is 87.4 cm³/mol. The van der Waals surface area contributed by atoms with Gasteiger partial charge >= 0.3 is 6.18 Å². The molecule has 26 heavy (non-hydrogen) atoms. The topological polar surface area (TPSA) is 82.1 Å². The molecule has 134 valence electrons. The third kappa shape index (κ3) is 4.20. The van der Waals surface area contributed by atoms with Crippen LogP contribution in [-0.2, 0) is 11.9 Å². The highest BCUT2D eigenvalue weighted by atomic mass is 32.2. The Morgan fingerprint density at radius 3 is 2.54 bits per heavy atom. The maximum atomic E-state index is 12.8. The molecule has 0 saturated heterocycles. The average molecular weight is 381 g/mol. The first-order valence-electron chi connectivity index (χ1n) is 7.20. The Labute approximate surface area is 149 Å². The molecule has 0 fully saturated rings. The minimum atomic E-state index is -4.45. The summed E-state index contributed by atoms with van der Waals surface area (Å²) in [5.74, 6) is 0.584. The first-order chi connectivity index (χ1) is 12.3. The largest absolute Gasteiger partial charge is 0.416 e. The highest BCUT2D eigenvalue weighted by molar-refractivity contribution is 7.98. The van der Waals surface area contributed by atoms with Crippen molar-refractivity contribution in [2.75, 3.05) is 0 Å². The Morgan fingerprint density at radius 1 is 1.15 bits per heavy atom. The van der Waals surface area contributed by atoms with E-state index in [1.807, 2.05) is 0 Å². The molecular weight excluding hydrogens is 371 g/mol. The summed E-state index contributed by atoms with van der Waals surface area (Å²) in [5.41, 5.74) is -0.601. The van der Waals surface area contributed by atoms with Gasteiger partial charge in [-0.25, -0.2) is 0 Å². The van der Waals surface area contributed by atoms with Gasteiger partial charge in [0.2, 0.25) is 11.7 Å². The number of non-ortho nitro benzene ring substituents is 1. The van der Waals surface area contributed by atoms with Gasteiger partial charge in [-0.15, -0.1) is 11.8 Å². The number of rotatable bonds is 5. The first kappa shape index (κ1) is 17.9. The lowest BCUT2D eigenvalue weighted by atomic mass is 10.1. The first-order valence-corrected chi connectivity index (χ1v) is 8.19. The van der Waals surface area contributed by atoms with Gasteiger partial charge in [0, 0.05) is 22.6 Å². The molecule has 3 rings (SSSR count). The second-order valence-corrected chi connectivity index (χ2v) is 6.18. The van der Waals surface area contributed by atoms with Crippen molar-refractivity contribution in [1.82, 2.24) is 10.1 Å². The van der Waals surface area contributed by atoms with Crippen molar-refractivity contribution in [3.05, 3.63) is 70.1 Å². The molecule has 6 nitrogen and oxygen atoms in total. The molecule has 0 saturated carbocycles. The van der Waals surface area contributed by atoms with E-state index in [4.69, 9.17) is 4.52 Å². The molecule has 0 N–H and O–H groups in total. The summed E-state index contributed by atoms with van der Waals surface area (Å²) in [6.07, 6.45) is -4.45. The molecule has 10 heteroatoms. The number of benzene rings is 2. The van der Waals surface area contributed by atoms with Crippen LogP contribution in [-0.4, -0.2) is 15.1 Å². The highest BCUT2D eigenvalue weighted by Gasteiger charge is 2.30. The fourth-order valence-electron chi connectivity index (χ4n) is 2.07. The van der Waals surface area contributed by atoms with E-state index in [1.54, 1.807) is 12.1 Å². The molecule has 0 bridgehead atoms. The van der Waals surface area contributed by atoms with Gasteiger partial charge in [0.15, 0.2) is 0 Å². The van der Waals surface area contributed by atoms with Gasteiger partial charge in [0.25, 0.3) is 5.69 Å². The number of hydrogen-bond acceptors (Lipinski definition) is 6. The Kier molecular flexibility index (Phi) is 4.94. The zero-order valence-corrected chi connectivity index (χ0v) is 13.8. The van der Waals surface area contributed by atoms with Crippen LogP contribution in [0.1, 0.15) is 11.5 Å². The van der Waals surface area contributed by atoms with E-state index in [-0.39, 0.29) is 28.7 Å². The molecule has 0 radical (unpaired) electrons. The molecular formula is C16H10F3N3O3S. The molecule has 0 amide bonds. The van der Waals surface area contributed by atoms with Crippen LogP contribution < -0.4 is 0 Å². The van der Waals surface area contributed by atoms with Crippen molar-refractivity contribution in [2.45, 2.75) is 16.8 Å². The molecule has 0 aliphatic rings. The lowest BCUT2D eigenvalue weighted by Gasteiger charge is -2.06. The summed E-state index contributed by atoms with van der Waals surface area (Å²) < 4.78 is 43.4. The summed E-state index contributed by atoms with van der Waals surface area (Å²) in [4.78, 5) is 15.0. The maximum absolute atomic E-state index is 12.8. The molecule has 1 aromatic heterocycles. The van der Waals surface area contributed by atoms with Crippen LogP contribution in [0.25, 0.3) is 11.4 Å². The SMILES string of the molecule is O=[N+]([O-])c1ccc(SCc2nc(-c3cccc(C(F)(F)F)c3)no2)cc1. The quantitative estimate of drug-likeness (QED) is 0.353. The van der Waals surface area contributed by atoms with E-state index in [2.05, 4.69) is 10.1 Å². The Bertz CT molecular complexity index is 926. The Morgan fingerprint density at radius 2 is 1.88 bits per heavy atom.